The number of nitrogens with one attached hydrogen (secondary N) is 2. The first kappa shape index (κ1) is 15.9. The number of para-hydroxylation sites is 1. The number of rotatable bonds is 6. The molecule has 0 atom stereocenters. The molecule has 0 saturated carbocycles. The van der Waals surface area contributed by atoms with Gasteiger partial charge in [0.25, 0.3) is 0 Å². The van der Waals surface area contributed by atoms with Crippen LogP contribution in [0.4, 0.5) is 11.4 Å². The highest BCUT2D eigenvalue weighted by Crippen LogP contribution is 2.13. The average Bonchev–Trinajstić information content (AvgIpc) is 2.47. The van der Waals surface area contributed by atoms with Crippen molar-refractivity contribution in [3.8, 4) is 0 Å². The molecule has 2 aromatic carbocycles. The van der Waals surface area contributed by atoms with Crippen LogP contribution in [0.3, 0.4) is 0 Å². The van der Waals surface area contributed by atoms with E-state index in [4.69, 9.17) is 5.73 Å². The maximum absolute atomic E-state index is 5.92. The van der Waals surface area contributed by atoms with Crippen LogP contribution in [0.25, 0.3) is 0 Å². The van der Waals surface area contributed by atoms with E-state index in [9.17, 15) is 0 Å². The van der Waals surface area contributed by atoms with E-state index in [0.717, 1.165) is 24.3 Å². The molecule has 0 aliphatic carbocycles. The highest BCUT2D eigenvalue weighted by molar-refractivity contribution is 5.92. The zero-order chi connectivity index (χ0) is 15.8. The van der Waals surface area contributed by atoms with Crippen molar-refractivity contribution in [2.75, 3.05) is 23.7 Å². The van der Waals surface area contributed by atoms with Crippen molar-refractivity contribution < 1.29 is 0 Å². The number of nitrogens with two attached hydrogens (primary N) is 1. The predicted octanol–water partition coefficient (Wildman–Crippen LogP) is 3.53. The second-order valence-corrected chi connectivity index (χ2v) is 5.41. The molecule has 22 heavy (non-hydrogen) atoms. The second-order valence-electron chi connectivity index (χ2n) is 5.41. The van der Waals surface area contributed by atoms with Gasteiger partial charge in [-0.15, -0.1) is 0 Å². The Balaban J connectivity index is 1.73. The molecule has 0 aliphatic rings. The minimum Gasteiger partial charge on any atom is -0.385 e. The molecule has 0 aliphatic heterocycles. The number of aliphatic imine (C=N–C) groups is 1. The van der Waals surface area contributed by atoms with Crippen molar-refractivity contribution >= 4 is 17.3 Å². The van der Waals surface area contributed by atoms with E-state index in [1.54, 1.807) is 0 Å². The molecule has 0 radical (unpaired) electrons. The third-order valence-corrected chi connectivity index (χ3v) is 3.21. The van der Waals surface area contributed by atoms with Gasteiger partial charge in [-0.25, -0.2) is 0 Å². The molecule has 0 fully saturated rings. The van der Waals surface area contributed by atoms with E-state index >= 15 is 0 Å². The number of anilines is 2. The molecule has 2 rings (SSSR count). The highest BCUT2D eigenvalue weighted by atomic mass is 15.1. The van der Waals surface area contributed by atoms with E-state index in [1.807, 2.05) is 18.2 Å². The number of hydrogen-bond acceptors (Lipinski definition) is 2. The Morgan fingerprint density at radius 2 is 1.68 bits per heavy atom. The minimum absolute atomic E-state index is 0.463. The maximum Gasteiger partial charge on any atom is 0.193 e. The van der Waals surface area contributed by atoms with Gasteiger partial charge in [-0.2, -0.15) is 0 Å². The van der Waals surface area contributed by atoms with Crippen LogP contribution in [-0.4, -0.2) is 19.0 Å². The van der Waals surface area contributed by atoms with Gasteiger partial charge >= 0.3 is 0 Å². The highest BCUT2D eigenvalue weighted by Gasteiger charge is 1.97. The predicted molar refractivity (Wildman–Crippen MR) is 95.6 cm³/mol. The van der Waals surface area contributed by atoms with Crippen molar-refractivity contribution in [1.29, 1.82) is 0 Å². The number of nitrogens with zero attached hydrogens (tertiary/aromatic N) is 1. The Bertz CT molecular complexity index is 600. The quantitative estimate of drug-likeness (QED) is 0.434. The third kappa shape index (κ3) is 5.48. The summed E-state index contributed by atoms with van der Waals surface area (Å²) in [4.78, 5) is 4.35. The van der Waals surface area contributed by atoms with Crippen LogP contribution in [0.2, 0.25) is 0 Å². The van der Waals surface area contributed by atoms with Crippen LogP contribution in [0.15, 0.2) is 53.5 Å². The third-order valence-electron chi connectivity index (χ3n) is 3.21. The smallest absolute Gasteiger partial charge is 0.193 e. The number of benzene rings is 2. The summed E-state index contributed by atoms with van der Waals surface area (Å²) in [7, 11) is 0. The fourth-order valence-corrected chi connectivity index (χ4v) is 2.30. The lowest BCUT2D eigenvalue weighted by molar-refractivity contribution is 0.873. The Morgan fingerprint density at radius 1 is 1.00 bits per heavy atom. The molecular formula is C18H24N4. The SMILES string of the molecule is Cc1cc(C)cc(NC(N)=NCCCNc2ccccc2)c1. The van der Waals surface area contributed by atoms with E-state index in [1.165, 1.54) is 11.1 Å². The fourth-order valence-electron chi connectivity index (χ4n) is 2.30. The molecule has 0 amide bonds. The lowest BCUT2D eigenvalue weighted by Crippen LogP contribution is -2.23. The standard InChI is InChI=1S/C18H24N4/c1-14-11-15(2)13-17(12-14)22-18(19)21-10-6-9-20-16-7-4-3-5-8-16/h3-5,7-8,11-13,20H,6,9-10H2,1-2H3,(H3,19,21,22). The summed E-state index contributed by atoms with van der Waals surface area (Å²) in [5.41, 5.74) is 10.5. The monoisotopic (exact) mass is 296 g/mol. The second kappa shape index (κ2) is 8.08. The topological polar surface area (TPSA) is 62.4 Å². The molecule has 116 valence electrons. The summed E-state index contributed by atoms with van der Waals surface area (Å²) >= 11 is 0. The molecule has 0 aromatic heterocycles. The van der Waals surface area contributed by atoms with Crippen LogP contribution >= 0.6 is 0 Å². The summed E-state index contributed by atoms with van der Waals surface area (Å²) in [6, 6.07) is 16.4. The van der Waals surface area contributed by atoms with Gasteiger partial charge in [0, 0.05) is 24.5 Å². The molecule has 4 nitrogen and oxygen atoms in total. The van der Waals surface area contributed by atoms with Crippen LogP contribution in [0, 0.1) is 13.8 Å². The Kier molecular flexibility index (Phi) is 5.83. The van der Waals surface area contributed by atoms with Gasteiger partial charge in [-0.3, -0.25) is 4.99 Å². The summed E-state index contributed by atoms with van der Waals surface area (Å²) in [5, 5.41) is 6.49. The molecule has 0 bridgehead atoms. The van der Waals surface area contributed by atoms with Gasteiger partial charge in [-0.1, -0.05) is 24.3 Å². The Labute approximate surface area is 132 Å². The van der Waals surface area contributed by atoms with Crippen molar-refractivity contribution in [3.05, 3.63) is 59.7 Å². The fraction of sp³-hybridized carbons (Fsp3) is 0.278. The van der Waals surface area contributed by atoms with Gasteiger partial charge in [0.2, 0.25) is 0 Å². The van der Waals surface area contributed by atoms with Gasteiger partial charge in [0.15, 0.2) is 5.96 Å². The molecule has 0 unspecified atom stereocenters. The van der Waals surface area contributed by atoms with Crippen molar-refractivity contribution in [2.45, 2.75) is 20.3 Å². The maximum atomic E-state index is 5.92. The van der Waals surface area contributed by atoms with Crippen LogP contribution in [-0.2, 0) is 0 Å². The van der Waals surface area contributed by atoms with E-state index < -0.39 is 0 Å². The normalized spacial score (nSPS) is 11.3. The first-order chi connectivity index (χ1) is 10.6. The summed E-state index contributed by atoms with van der Waals surface area (Å²) in [6.45, 7) is 5.72. The Morgan fingerprint density at radius 3 is 2.36 bits per heavy atom. The summed E-state index contributed by atoms with van der Waals surface area (Å²) in [5.74, 6) is 0.463. The van der Waals surface area contributed by atoms with Crippen molar-refractivity contribution in [2.24, 2.45) is 10.7 Å². The molecule has 4 N–H and O–H groups in total. The molecule has 2 aromatic rings. The molecule has 0 spiro atoms. The van der Waals surface area contributed by atoms with Gasteiger partial charge in [-0.05, 0) is 55.7 Å². The van der Waals surface area contributed by atoms with E-state index in [-0.39, 0.29) is 0 Å². The van der Waals surface area contributed by atoms with Gasteiger partial charge < -0.3 is 16.4 Å². The van der Waals surface area contributed by atoms with E-state index in [0.29, 0.717) is 12.5 Å². The van der Waals surface area contributed by atoms with Gasteiger partial charge in [0.05, 0.1) is 0 Å². The lowest BCUT2D eigenvalue weighted by atomic mass is 10.1. The summed E-state index contributed by atoms with van der Waals surface area (Å²) < 4.78 is 0. The molecule has 0 heterocycles. The van der Waals surface area contributed by atoms with Crippen LogP contribution in [0.1, 0.15) is 17.5 Å². The average molecular weight is 296 g/mol. The van der Waals surface area contributed by atoms with Crippen LogP contribution < -0.4 is 16.4 Å². The number of guanidine groups is 1. The first-order valence-electron chi connectivity index (χ1n) is 7.57. The zero-order valence-corrected chi connectivity index (χ0v) is 13.3. The summed E-state index contributed by atoms with van der Waals surface area (Å²) in [6.07, 6.45) is 0.935. The lowest BCUT2D eigenvalue weighted by Gasteiger charge is -2.08. The Hall–Kier alpha value is -2.49. The zero-order valence-electron chi connectivity index (χ0n) is 13.3. The number of aryl methyl sites for hydroxylation is 2. The molecule has 0 saturated heterocycles. The largest absolute Gasteiger partial charge is 0.385 e. The van der Waals surface area contributed by atoms with Crippen molar-refractivity contribution in [3.63, 3.8) is 0 Å². The molecular weight excluding hydrogens is 272 g/mol. The molecule has 4 heteroatoms. The minimum atomic E-state index is 0.463. The van der Waals surface area contributed by atoms with E-state index in [2.05, 4.69) is 59.8 Å². The first-order valence-corrected chi connectivity index (χ1v) is 7.57. The van der Waals surface area contributed by atoms with Crippen LogP contribution in [0.5, 0.6) is 0 Å². The van der Waals surface area contributed by atoms with Gasteiger partial charge in [0.1, 0.15) is 0 Å². The van der Waals surface area contributed by atoms with Crippen molar-refractivity contribution in [1.82, 2.24) is 0 Å². The number of hydrogen-bond donors (Lipinski definition) is 3.